The number of amides is 1. The van der Waals surface area contributed by atoms with Crippen LogP contribution < -0.4 is 10.6 Å². The highest BCUT2D eigenvalue weighted by Crippen LogP contribution is 2.02. The summed E-state index contributed by atoms with van der Waals surface area (Å²) >= 11 is 0. The predicted octanol–water partition coefficient (Wildman–Crippen LogP) is 1.27. The third kappa shape index (κ3) is 3.24. The van der Waals surface area contributed by atoms with E-state index in [9.17, 15) is 4.79 Å². The highest BCUT2D eigenvalue weighted by molar-refractivity contribution is 5.67. The third-order valence-corrected chi connectivity index (χ3v) is 2.63. The fourth-order valence-corrected chi connectivity index (χ4v) is 1.50. The van der Waals surface area contributed by atoms with E-state index in [2.05, 4.69) is 10.6 Å². The minimum absolute atomic E-state index is 0.324. The van der Waals surface area contributed by atoms with E-state index in [4.69, 9.17) is 4.74 Å². The molecule has 1 heterocycles. The van der Waals surface area contributed by atoms with Crippen LogP contribution in [0.1, 0.15) is 12.0 Å². The van der Waals surface area contributed by atoms with Crippen molar-refractivity contribution in [1.82, 2.24) is 10.6 Å². The number of benzene rings is 1. The van der Waals surface area contributed by atoms with Crippen LogP contribution in [-0.4, -0.2) is 25.2 Å². The second kappa shape index (κ2) is 5.51. The second-order valence-electron chi connectivity index (χ2n) is 3.88. The molecule has 4 heteroatoms. The number of hydrogen-bond acceptors (Lipinski definition) is 3. The van der Waals surface area contributed by atoms with E-state index in [-0.39, 0.29) is 6.09 Å². The molecule has 16 heavy (non-hydrogen) atoms. The normalized spacial score (nSPS) is 18.6. The van der Waals surface area contributed by atoms with Gasteiger partial charge < -0.3 is 15.4 Å². The van der Waals surface area contributed by atoms with Crippen molar-refractivity contribution in [3.8, 4) is 0 Å². The Hall–Kier alpha value is -1.55. The molecule has 1 aromatic rings. The quantitative estimate of drug-likeness (QED) is 0.803. The van der Waals surface area contributed by atoms with Gasteiger partial charge in [0, 0.05) is 12.6 Å². The number of ether oxygens (including phenoxy) is 1. The molecule has 2 N–H and O–H groups in total. The molecule has 0 saturated carbocycles. The van der Waals surface area contributed by atoms with Crippen LogP contribution in [0.5, 0.6) is 0 Å². The maximum absolute atomic E-state index is 11.3. The summed E-state index contributed by atoms with van der Waals surface area (Å²) in [5.74, 6) is 0. The molecule has 86 valence electrons. The molecule has 1 atom stereocenters. The largest absolute Gasteiger partial charge is 0.445 e. The zero-order chi connectivity index (χ0) is 11.2. The lowest BCUT2D eigenvalue weighted by Crippen LogP contribution is -2.50. The van der Waals surface area contributed by atoms with E-state index in [1.54, 1.807) is 0 Å². The molecule has 1 aliphatic heterocycles. The van der Waals surface area contributed by atoms with Gasteiger partial charge in [0.2, 0.25) is 0 Å². The fourth-order valence-electron chi connectivity index (χ4n) is 1.50. The van der Waals surface area contributed by atoms with Crippen LogP contribution in [0, 0.1) is 0 Å². The fraction of sp³-hybridized carbons (Fsp3) is 0.417. The molecular weight excluding hydrogens is 204 g/mol. The van der Waals surface area contributed by atoms with Crippen LogP contribution in [0.3, 0.4) is 0 Å². The first-order chi connectivity index (χ1) is 7.84. The maximum atomic E-state index is 11.3. The number of carbonyl (C=O) groups excluding carboxylic acids is 1. The van der Waals surface area contributed by atoms with Crippen molar-refractivity contribution in [3.63, 3.8) is 0 Å². The Balaban J connectivity index is 1.63. The molecule has 1 aromatic carbocycles. The van der Waals surface area contributed by atoms with Gasteiger partial charge in [-0.25, -0.2) is 4.79 Å². The van der Waals surface area contributed by atoms with Crippen LogP contribution in [0.15, 0.2) is 30.3 Å². The Morgan fingerprint density at radius 3 is 2.81 bits per heavy atom. The van der Waals surface area contributed by atoms with Crippen LogP contribution in [0.2, 0.25) is 0 Å². The van der Waals surface area contributed by atoms with E-state index in [1.807, 2.05) is 30.3 Å². The van der Waals surface area contributed by atoms with E-state index in [0.29, 0.717) is 19.2 Å². The van der Waals surface area contributed by atoms with Gasteiger partial charge in [0.15, 0.2) is 0 Å². The van der Waals surface area contributed by atoms with Crippen molar-refractivity contribution >= 4 is 6.09 Å². The molecule has 1 aliphatic rings. The van der Waals surface area contributed by atoms with Gasteiger partial charge in [-0.15, -0.1) is 0 Å². The van der Waals surface area contributed by atoms with Crippen molar-refractivity contribution < 1.29 is 9.53 Å². The maximum Gasteiger partial charge on any atom is 0.407 e. The standard InChI is InChI=1S/C12H16N2O2/c15-12(14-8-11-6-7-13-11)16-9-10-4-2-1-3-5-10/h1-5,11,13H,6-9H2,(H,14,15)/t11-/m1/s1. The molecule has 0 spiro atoms. The van der Waals surface area contributed by atoms with E-state index >= 15 is 0 Å². The lowest BCUT2D eigenvalue weighted by atomic mass is 10.1. The van der Waals surface area contributed by atoms with Crippen LogP contribution in [0.25, 0.3) is 0 Å². The van der Waals surface area contributed by atoms with Gasteiger partial charge in [0.05, 0.1) is 0 Å². The summed E-state index contributed by atoms with van der Waals surface area (Å²) in [5.41, 5.74) is 0.999. The van der Waals surface area contributed by atoms with E-state index in [0.717, 1.165) is 18.5 Å². The summed E-state index contributed by atoms with van der Waals surface area (Å²) in [6.07, 6.45) is 0.774. The number of rotatable bonds is 4. The Bertz CT molecular complexity index is 336. The molecule has 0 aliphatic carbocycles. The SMILES string of the molecule is O=C(NC[C@H]1CCN1)OCc1ccccc1. The molecular formula is C12H16N2O2. The molecule has 0 bridgehead atoms. The Kier molecular flexibility index (Phi) is 3.77. The first-order valence-corrected chi connectivity index (χ1v) is 5.52. The summed E-state index contributed by atoms with van der Waals surface area (Å²) in [4.78, 5) is 11.3. The van der Waals surface area contributed by atoms with Gasteiger partial charge in [0.1, 0.15) is 6.61 Å². The van der Waals surface area contributed by atoms with Gasteiger partial charge in [0.25, 0.3) is 0 Å². The Morgan fingerprint density at radius 2 is 2.19 bits per heavy atom. The lowest BCUT2D eigenvalue weighted by molar-refractivity contribution is 0.137. The van der Waals surface area contributed by atoms with Gasteiger partial charge in [-0.2, -0.15) is 0 Å². The zero-order valence-corrected chi connectivity index (χ0v) is 9.11. The summed E-state index contributed by atoms with van der Waals surface area (Å²) < 4.78 is 5.07. The summed E-state index contributed by atoms with van der Waals surface area (Å²) in [5, 5.41) is 5.94. The van der Waals surface area contributed by atoms with Crippen molar-refractivity contribution in [2.75, 3.05) is 13.1 Å². The minimum atomic E-state index is -0.349. The van der Waals surface area contributed by atoms with Crippen molar-refractivity contribution in [2.45, 2.75) is 19.1 Å². The smallest absolute Gasteiger partial charge is 0.407 e. The van der Waals surface area contributed by atoms with E-state index < -0.39 is 0 Å². The van der Waals surface area contributed by atoms with Gasteiger partial charge in [-0.1, -0.05) is 30.3 Å². The topological polar surface area (TPSA) is 50.4 Å². The lowest BCUT2D eigenvalue weighted by Gasteiger charge is -2.27. The van der Waals surface area contributed by atoms with Gasteiger partial charge in [-0.05, 0) is 18.5 Å². The molecule has 1 fully saturated rings. The van der Waals surface area contributed by atoms with E-state index in [1.165, 1.54) is 0 Å². The monoisotopic (exact) mass is 220 g/mol. The van der Waals surface area contributed by atoms with Gasteiger partial charge in [-0.3, -0.25) is 0 Å². The molecule has 4 nitrogen and oxygen atoms in total. The Labute approximate surface area is 95.0 Å². The molecule has 0 unspecified atom stereocenters. The third-order valence-electron chi connectivity index (χ3n) is 2.63. The highest BCUT2D eigenvalue weighted by atomic mass is 16.5. The Morgan fingerprint density at radius 1 is 1.44 bits per heavy atom. The number of alkyl carbamates (subject to hydrolysis) is 1. The van der Waals surface area contributed by atoms with Crippen molar-refractivity contribution in [1.29, 1.82) is 0 Å². The van der Waals surface area contributed by atoms with Crippen LogP contribution >= 0.6 is 0 Å². The molecule has 1 amide bonds. The van der Waals surface area contributed by atoms with Crippen LogP contribution in [-0.2, 0) is 11.3 Å². The minimum Gasteiger partial charge on any atom is -0.445 e. The number of hydrogen-bond donors (Lipinski definition) is 2. The van der Waals surface area contributed by atoms with Crippen molar-refractivity contribution in [3.05, 3.63) is 35.9 Å². The predicted molar refractivity (Wildman–Crippen MR) is 61.0 cm³/mol. The molecule has 0 aromatic heterocycles. The zero-order valence-electron chi connectivity index (χ0n) is 9.11. The summed E-state index contributed by atoms with van der Waals surface area (Å²) in [7, 11) is 0. The highest BCUT2D eigenvalue weighted by Gasteiger charge is 2.16. The second-order valence-corrected chi connectivity index (χ2v) is 3.88. The first-order valence-electron chi connectivity index (χ1n) is 5.52. The molecule has 1 saturated heterocycles. The number of carbonyl (C=O) groups is 1. The number of nitrogens with one attached hydrogen (secondary N) is 2. The average Bonchev–Trinajstić information content (AvgIpc) is 2.26. The molecule has 0 radical (unpaired) electrons. The summed E-state index contributed by atoms with van der Waals surface area (Å²) in [6.45, 7) is 2.02. The van der Waals surface area contributed by atoms with Crippen LogP contribution in [0.4, 0.5) is 4.79 Å². The van der Waals surface area contributed by atoms with Crippen molar-refractivity contribution in [2.24, 2.45) is 0 Å². The molecule has 2 rings (SSSR count). The average molecular weight is 220 g/mol. The summed E-state index contributed by atoms with van der Waals surface area (Å²) in [6, 6.07) is 10.1. The van der Waals surface area contributed by atoms with Gasteiger partial charge >= 0.3 is 6.09 Å². The first kappa shape index (κ1) is 11.0.